The highest BCUT2D eigenvalue weighted by molar-refractivity contribution is 5.79. The predicted molar refractivity (Wildman–Crippen MR) is 44.0 cm³/mol. The second-order valence-corrected chi connectivity index (χ2v) is 2.98. The summed E-state index contributed by atoms with van der Waals surface area (Å²) in [5, 5.41) is 0. The van der Waals surface area contributed by atoms with E-state index < -0.39 is 0 Å². The molecule has 0 bridgehead atoms. The molecule has 0 spiro atoms. The van der Waals surface area contributed by atoms with E-state index in [9.17, 15) is 4.79 Å². The maximum absolute atomic E-state index is 11.2. The number of hydrogen-bond donors (Lipinski definition) is 0. The molecule has 1 aromatic heterocycles. The van der Waals surface area contributed by atoms with Gasteiger partial charge in [0.1, 0.15) is 6.04 Å². The van der Waals surface area contributed by atoms with E-state index in [-0.39, 0.29) is 12.0 Å². The number of hydrogen-bond acceptors (Lipinski definition) is 2. The van der Waals surface area contributed by atoms with E-state index in [1.165, 1.54) is 0 Å². The molecule has 3 nitrogen and oxygen atoms in total. The van der Waals surface area contributed by atoms with Gasteiger partial charge in [-0.1, -0.05) is 13.3 Å². The van der Waals surface area contributed by atoms with Crippen molar-refractivity contribution in [1.82, 2.24) is 4.57 Å². The van der Waals surface area contributed by atoms with Crippen LogP contribution in [-0.4, -0.2) is 10.5 Å². The Kier molecular flexibility index (Phi) is 1.64. The molecule has 2 rings (SSSR count). The third kappa shape index (κ3) is 0.932. The average Bonchev–Trinajstić information content (AvgIpc) is 2.56. The number of nitrogens with zero attached hydrogens (tertiary/aromatic N) is 1. The van der Waals surface area contributed by atoms with Crippen LogP contribution in [0.25, 0.3) is 0 Å². The molecular weight excluding hydrogens is 154 g/mol. The fourth-order valence-electron chi connectivity index (χ4n) is 1.54. The van der Waals surface area contributed by atoms with Crippen molar-refractivity contribution in [2.24, 2.45) is 0 Å². The molecule has 1 atom stereocenters. The van der Waals surface area contributed by atoms with Gasteiger partial charge in [-0.25, -0.2) is 4.79 Å². The fraction of sp³-hybridized carbons (Fsp3) is 0.444. The van der Waals surface area contributed by atoms with Crippen molar-refractivity contribution in [2.45, 2.75) is 25.8 Å². The molecule has 0 radical (unpaired) electrons. The second kappa shape index (κ2) is 2.66. The van der Waals surface area contributed by atoms with Gasteiger partial charge in [-0.05, 0) is 12.5 Å². The Morgan fingerprint density at radius 3 is 3.25 bits per heavy atom. The van der Waals surface area contributed by atoms with Gasteiger partial charge in [0, 0.05) is 12.3 Å². The van der Waals surface area contributed by atoms with E-state index in [1.807, 2.05) is 22.9 Å². The lowest BCUT2D eigenvalue weighted by atomic mass is 10.2. The van der Waals surface area contributed by atoms with Crippen LogP contribution in [-0.2, 0) is 4.79 Å². The minimum atomic E-state index is -0.118. The summed E-state index contributed by atoms with van der Waals surface area (Å²) in [5.74, 6) is 0.561. The number of ether oxygens (including phenoxy) is 1. The van der Waals surface area contributed by atoms with Crippen molar-refractivity contribution in [3.05, 3.63) is 18.3 Å². The van der Waals surface area contributed by atoms with E-state index >= 15 is 0 Å². The van der Waals surface area contributed by atoms with Crippen LogP contribution in [0.15, 0.2) is 18.3 Å². The van der Waals surface area contributed by atoms with Gasteiger partial charge in [0.05, 0.1) is 0 Å². The minimum absolute atomic E-state index is 0.0833. The zero-order valence-electron chi connectivity index (χ0n) is 6.99. The number of carbonyl (C=O) groups is 1. The highest BCUT2D eigenvalue weighted by Gasteiger charge is 2.30. The van der Waals surface area contributed by atoms with Crippen molar-refractivity contribution >= 4 is 5.97 Å². The Bertz CT molecular complexity index is 303. The first-order chi connectivity index (χ1) is 5.83. The van der Waals surface area contributed by atoms with Crippen LogP contribution in [0.4, 0.5) is 0 Å². The van der Waals surface area contributed by atoms with Gasteiger partial charge < -0.3 is 9.30 Å². The zero-order chi connectivity index (χ0) is 8.55. The smallest absolute Gasteiger partial charge is 0.335 e. The van der Waals surface area contributed by atoms with Gasteiger partial charge in [0.2, 0.25) is 5.88 Å². The van der Waals surface area contributed by atoms with Crippen molar-refractivity contribution in [1.29, 1.82) is 0 Å². The monoisotopic (exact) mass is 165 g/mol. The number of fused-ring (bicyclic) bond motifs is 1. The third-order valence-electron chi connectivity index (χ3n) is 2.12. The normalized spacial score (nSPS) is 20.8. The van der Waals surface area contributed by atoms with E-state index in [4.69, 9.17) is 4.74 Å². The van der Waals surface area contributed by atoms with Gasteiger partial charge in [0.25, 0.3) is 0 Å². The first kappa shape index (κ1) is 7.40. The SMILES string of the molecule is CCCC1C(=O)Oc2cccn21. The topological polar surface area (TPSA) is 31.2 Å². The van der Waals surface area contributed by atoms with Gasteiger partial charge >= 0.3 is 5.97 Å². The lowest BCUT2D eigenvalue weighted by Gasteiger charge is -2.05. The molecule has 64 valence electrons. The van der Waals surface area contributed by atoms with E-state index in [0.717, 1.165) is 12.8 Å². The molecule has 3 heteroatoms. The summed E-state index contributed by atoms with van der Waals surface area (Å²) in [6.07, 6.45) is 3.75. The molecule has 1 aliphatic heterocycles. The summed E-state index contributed by atoms with van der Waals surface area (Å²) in [6, 6.07) is 3.62. The van der Waals surface area contributed by atoms with Crippen LogP contribution >= 0.6 is 0 Å². The maximum Gasteiger partial charge on any atom is 0.335 e. The molecule has 1 aromatic rings. The lowest BCUT2D eigenvalue weighted by Crippen LogP contribution is -2.13. The van der Waals surface area contributed by atoms with E-state index in [2.05, 4.69) is 6.92 Å². The third-order valence-corrected chi connectivity index (χ3v) is 2.12. The number of rotatable bonds is 2. The molecule has 0 saturated carbocycles. The van der Waals surface area contributed by atoms with Crippen molar-refractivity contribution < 1.29 is 9.53 Å². The highest BCUT2D eigenvalue weighted by Crippen LogP contribution is 2.30. The first-order valence-corrected chi connectivity index (χ1v) is 4.21. The molecule has 1 aliphatic rings. The van der Waals surface area contributed by atoms with E-state index in [0.29, 0.717) is 5.88 Å². The molecule has 2 heterocycles. The Hall–Kier alpha value is -1.25. The summed E-state index contributed by atoms with van der Waals surface area (Å²) in [4.78, 5) is 11.2. The van der Waals surface area contributed by atoms with Gasteiger partial charge in [-0.15, -0.1) is 0 Å². The van der Waals surface area contributed by atoms with Crippen LogP contribution in [0.2, 0.25) is 0 Å². The van der Waals surface area contributed by atoms with Crippen molar-refractivity contribution in [3.8, 4) is 5.88 Å². The van der Waals surface area contributed by atoms with Crippen LogP contribution in [0, 0.1) is 0 Å². The Morgan fingerprint density at radius 2 is 2.50 bits per heavy atom. The number of carbonyl (C=O) groups excluding carboxylic acids is 1. The van der Waals surface area contributed by atoms with Crippen LogP contribution in [0.1, 0.15) is 25.8 Å². The largest absolute Gasteiger partial charge is 0.408 e. The van der Waals surface area contributed by atoms with Crippen LogP contribution in [0.5, 0.6) is 5.88 Å². The summed E-state index contributed by atoms with van der Waals surface area (Å²) in [6.45, 7) is 2.06. The molecule has 0 N–H and O–H groups in total. The molecular formula is C9H11NO2. The maximum atomic E-state index is 11.2. The zero-order valence-corrected chi connectivity index (χ0v) is 6.99. The number of esters is 1. The van der Waals surface area contributed by atoms with Crippen molar-refractivity contribution in [3.63, 3.8) is 0 Å². The van der Waals surface area contributed by atoms with Gasteiger partial charge in [0.15, 0.2) is 0 Å². The standard InChI is InChI=1S/C9H11NO2/c1-2-4-7-9(11)12-8-5-3-6-10(7)8/h3,5-7H,2,4H2,1H3. The summed E-state index contributed by atoms with van der Waals surface area (Å²) >= 11 is 0. The van der Waals surface area contributed by atoms with Gasteiger partial charge in [-0.3, -0.25) is 0 Å². The first-order valence-electron chi connectivity index (χ1n) is 4.21. The Labute approximate surface area is 70.9 Å². The summed E-state index contributed by atoms with van der Waals surface area (Å²) < 4.78 is 6.93. The molecule has 0 aliphatic carbocycles. The fourth-order valence-corrected chi connectivity index (χ4v) is 1.54. The molecule has 0 fully saturated rings. The molecule has 12 heavy (non-hydrogen) atoms. The van der Waals surface area contributed by atoms with Crippen LogP contribution < -0.4 is 4.74 Å². The molecule has 1 unspecified atom stereocenters. The van der Waals surface area contributed by atoms with Crippen molar-refractivity contribution in [2.75, 3.05) is 0 Å². The quantitative estimate of drug-likeness (QED) is 0.625. The summed E-state index contributed by atoms with van der Waals surface area (Å²) in [7, 11) is 0. The van der Waals surface area contributed by atoms with Gasteiger partial charge in [-0.2, -0.15) is 0 Å². The Morgan fingerprint density at radius 1 is 1.67 bits per heavy atom. The van der Waals surface area contributed by atoms with Crippen LogP contribution in [0.3, 0.4) is 0 Å². The summed E-state index contributed by atoms with van der Waals surface area (Å²) in [5.41, 5.74) is 0. The number of aromatic nitrogens is 1. The molecule has 0 saturated heterocycles. The minimum Gasteiger partial charge on any atom is -0.408 e. The predicted octanol–water partition coefficient (Wildman–Crippen LogP) is 1.75. The highest BCUT2D eigenvalue weighted by atomic mass is 16.6. The Balaban J connectivity index is 2.29. The van der Waals surface area contributed by atoms with E-state index in [1.54, 1.807) is 0 Å². The lowest BCUT2D eigenvalue weighted by molar-refractivity contribution is -0.134. The average molecular weight is 165 g/mol. The second-order valence-electron chi connectivity index (χ2n) is 2.98. The molecule has 0 aromatic carbocycles. The molecule has 0 amide bonds.